The predicted molar refractivity (Wildman–Crippen MR) is 156 cm³/mol. The van der Waals surface area contributed by atoms with Crippen LogP contribution in [-0.4, -0.2) is 55.3 Å². The maximum Gasteiger partial charge on any atom is 0.410 e. The van der Waals surface area contributed by atoms with Crippen LogP contribution in [0.1, 0.15) is 28.9 Å². The van der Waals surface area contributed by atoms with Gasteiger partial charge in [0.1, 0.15) is 24.7 Å². The number of hydrogen-bond acceptors (Lipinski definition) is 6. The van der Waals surface area contributed by atoms with Crippen molar-refractivity contribution < 1.29 is 27.5 Å². The number of carbonyl (C=O) groups is 2. The lowest BCUT2D eigenvalue weighted by atomic mass is 10.0. The standard InChI is InChI=1S/C31H33N3O6S/c35-30(29-20-26-13-7-8-16-28(26)34(29)18-19-39-27-14-5-2-6-15-27)32-41(37,38)23-25-12-9-17-33(21-25)31(36)40-22-24-10-3-1-4-11-24/h1-8,10-11,13-16,20,25H,9,12,17-19,21-23H2,(H,32,35)/t25-/m1/s1. The van der Waals surface area contributed by atoms with Gasteiger partial charge in [-0.2, -0.15) is 0 Å². The first-order valence-electron chi connectivity index (χ1n) is 13.6. The lowest BCUT2D eigenvalue weighted by molar-refractivity contribution is 0.0811. The quantitative estimate of drug-likeness (QED) is 0.290. The number of piperidine rings is 1. The van der Waals surface area contributed by atoms with Gasteiger partial charge >= 0.3 is 6.09 Å². The summed E-state index contributed by atoms with van der Waals surface area (Å²) in [5, 5.41) is 0.826. The zero-order valence-electron chi connectivity index (χ0n) is 22.6. The maximum atomic E-state index is 13.3. The van der Waals surface area contributed by atoms with E-state index in [4.69, 9.17) is 9.47 Å². The number of nitrogens with zero attached hydrogens (tertiary/aromatic N) is 2. The molecule has 2 amide bonds. The number of amides is 2. The minimum Gasteiger partial charge on any atom is -0.492 e. The molecule has 5 rings (SSSR count). The molecule has 4 aromatic rings. The molecule has 1 aliphatic rings. The van der Waals surface area contributed by atoms with Gasteiger partial charge in [-0.05, 0) is 48.6 Å². The van der Waals surface area contributed by atoms with Crippen LogP contribution in [0.15, 0.2) is 91.0 Å². The summed E-state index contributed by atoms with van der Waals surface area (Å²) in [4.78, 5) is 27.4. The smallest absolute Gasteiger partial charge is 0.410 e. The minimum absolute atomic E-state index is 0.152. The first-order chi connectivity index (χ1) is 19.9. The van der Waals surface area contributed by atoms with E-state index in [1.54, 1.807) is 15.5 Å². The molecule has 1 atom stereocenters. The number of aromatic nitrogens is 1. The number of carbonyl (C=O) groups excluding carboxylic acids is 2. The summed E-state index contributed by atoms with van der Waals surface area (Å²) < 4.78 is 41.5. The van der Waals surface area contributed by atoms with Crippen LogP contribution in [0.5, 0.6) is 5.75 Å². The monoisotopic (exact) mass is 575 g/mol. The van der Waals surface area contributed by atoms with Gasteiger partial charge in [-0.3, -0.25) is 4.79 Å². The number of benzene rings is 3. The summed E-state index contributed by atoms with van der Waals surface area (Å²) >= 11 is 0. The molecule has 0 aliphatic carbocycles. The number of hydrogen-bond donors (Lipinski definition) is 1. The Hall–Kier alpha value is -4.31. The molecule has 0 spiro atoms. The van der Waals surface area contributed by atoms with Crippen molar-refractivity contribution in [3.63, 3.8) is 0 Å². The Labute approximate surface area is 239 Å². The Bertz CT molecular complexity index is 1590. The molecule has 1 aliphatic heterocycles. The summed E-state index contributed by atoms with van der Waals surface area (Å²) in [7, 11) is -3.97. The van der Waals surface area contributed by atoms with Gasteiger partial charge in [0, 0.05) is 24.0 Å². The number of rotatable bonds is 10. The van der Waals surface area contributed by atoms with E-state index < -0.39 is 22.0 Å². The van der Waals surface area contributed by atoms with Crippen LogP contribution in [0.3, 0.4) is 0 Å². The molecule has 3 aromatic carbocycles. The summed E-state index contributed by atoms with van der Waals surface area (Å²) in [6.07, 6.45) is 0.820. The van der Waals surface area contributed by atoms with Crippen molar-refractivity contribution in [3.8, 4) is 5.75 Å². The van der Waals surface area contributed by atoms with Gasteiger partial charge < -0.3 is 18.9 Å². The van der Waals surface area contributed by atoms with Gasteiger partial charge in [-0.1, -0.05) is 66.7 Å². The maximum absolute atomic E-state index is 13.3. The highest BCUT2D eigenvalue weighted by atomic mass is 32.2. The van der Waals surface area contributed by atoms with Crippen molar-refractivity contribution in [1.82, 2.24) is 14.2 Å². The molecule has 1 fully saturated rings. The molecule has 214 valence electrons. The predicted octanol–water partition coefficient (Wildman–Crippen LogP) is 4.83. The van der Waals surface area contributed by atoms with Crippen LogP contribution in [0.25, 0.3) is 10.9 Å². The molecule has 0 bridgehead atoms. The summed E-state index contributed by atoms with van der Waals surface area (Å²) in [5.41, 5.74) is 1.92. The van der Waals surface area contributed by atoms with E-state index in [9.17, 15) is 18.0 Å². The second kappa shape index (κ2) is 12.9. The van der Waals surface area contributed by atoms with E-state index in [2.05, 4.69) is 4.72 Å². The number of sulfonamides is 1. The average Bonchev–Trinajstić information content (AvgIpc) is 3.35. The zero-order valence-corrected chi connectivity index (χ0v) is 23.5. The molecule has 41 heavy (non-hydrogen) atoms. The largest absolute Gasteiger partial charge is 0.492 e. The van der Waals surface area contributed by atoms with Gasteiger partial charge in [-0.15, -0.1) is 0 Å². The Morgan fingerprint density at radius 1 is 0.927 bits per heavy atom. The second-order valence-electron chi connectivity index (χ2n) is 10.1. The Morgan fingerprint density at radius 2 is 1.63 bits per heavy atom. The van der Waals surface area contributed by atoms with Crippen molar-refractivity contribution in [2.75, 3.05) is 25.4 Å². The van der Waals surface area contributed by atoms with Crippen molar-refractivity contribution >= 4 is 32.9 Å². The number of fused-ring (bicyclic) bond motifs is 1. The molecule has 10 heteroatoms. The average molecular weight is 576 g/mol. The molecular formula is C31H33N3O6S. The van der Waals surface area contributed by atoms with Crippen LogP contribution in [-0.2, 0) is 27.9 Å². The minimum atomic E-state index is -3.97. The van der Waals surface area contributed by atoms with Crippen molar-refractivity contribution in [3.05, 3.63) is 102 Å². The van der Waals surface area contributed by atoms with Crippen LogP contribution in [0.4, 0.5) is 4.79 Å². The van der Waals surface area contributed by atoms with Crippen LogP contribution >= 0.6 is 0 Å². The highest BCUT2D eigenvalue weighted by molar-refractivity contribution is 7.90. The summed E-state index contributed by atoms with van der Waals surface area (Å²) in [6.45, 7) is 1.56. The molecule has 1 saturated heterocycles. The fourth-order valence-electron chi connectivity index (χ4n) is 5.13. The molecule has 9 nitrogen and oxygen atoms in total. The van der Waals surface area contributed by atoms with Crippen molar-refractivity contribution in [2.24, 2.45) is 5.92 Å². The topological polar surface area (TPSA) is 107 Å². The van der Waals surface area contributed by atoms with E-state index in [0.717, 1.165) is 16.5 Å². The van der Waals surface area contributed by atoms with Crippen molar-refractivity contribution in [2.45, 2.75) is 26.0 Å². The number of ether oxygens (including phenoxy) is 2. The number of likely N-dealkylation sites (tertiary alicyclic amines) is 1. The van der Waals surface area contributed by atoms with Gasteiger partial charge in [0.2, 0.25) is 10.0 Å². The SMILES string of the molecule is O=C(NS(=O)(=O)C[C@@H]1CCCN(C(=O)OCc2ccccc2)C1)c1cc2ccccc2n1CCOc1ccccc1. The molecule has 0 unspecified atom stereocenters. The Balaban J connectivity index is 1.21. The second-order valence-corrected chi connectivity index (χ2v) is 11.9. The Morgan fingerprint density at radius 3 is 2.41 bits per heavy atom. The third kappa shape index (κ3) is 7.46. The van der Waals surface area contributed by atoms with Gasteiger partial charge in [0.15, 0.2) is 0 Å². The summed E-state index contributed by atoms with van der Waals surface area (Å²) in [5.74, 6) is -0.569. The van der Waals surface area contributed by atoms with Crippen LogP contribution in [0, 0.1) is 5.92 Å². The number of para-hydroxylation sites is 2. The highest BCUT2D eigenvalue weighted by Gasteiger charge is 2.30. The normalized spacial score (nSPS) is 15.4. The van der Waals surface area contributed by atoms with Gasteiger partial charge in [-0.25, -0.2) is 17.9 Å². The third-order valence-corrected chi connectivity index (χ3v) is 8.46. The fourth-order valence-corrected chi connectivity index (χ4v) is 6.50. The summed E-state index contributed by atoms with van der Waals surface area (Å²) in [6, 6.07) is 27.9. The first kappa shape index (κ1) is 28.2. The van der Waals surface area contributed by atoms with Gasteiger partial charge in [0.05, 0.1) is 12.3 Å². The van der Waals surface area contributed by atoms with Crippen LogP contribution in [0.2, 0.25) is 0 Å². The van der Waals surface area contributed by atoms with Crippen molar-refractivity contribution in [1.29, 1.82) is 0 Å². The molecule has 0 saturated carbocycles. The van der Waals surface area contributed by atoms with E-state index in [-0.39, 0.29) is 30.5 Å². The highest BCUT2D eigenvalue weighted by Crippen LogP contribution is 2.22. The molecule has 0 radical (unpaired) electrons. The first-order valence-corrected chi connectivity index (χ1v) is 15.3. The van der Waals surface area contributed by atoms with Crippen LogP contribution < -0.4 is 9.46 Å². The molecule has 1 N–H and O–H groups in total. The molecular weight excluding hydrogens is 542 g/mol. The fraction of sp³-hybridized carbons (Fsp3) is 0.290. The molecule has 1 aromatic heterocycles. The lowest BCUT2D eigenvalue weighted by Crippen LogP contribution is -2.44. The number of nitrogens with one attached hydrogen (secondary N) is 1. The Kier molecular flexibility index (Phi) is 8.88. The third-order valence-electron chi connectivity index (χ3n) is 7.06. The zero-order chi connectivity index (χ0) is 28.7. The molecule has 2 heterocycles. The lowest BCUT2D eigenvalue weighted by Gasteiger charge is -2.31. The van der Waals surface area contributed by atoms with E-state index in [1.807, 2.05) is 84.9 Å². The van der Waals surface area contributed by atoms with E-state index >= 15 is 0 Å². The van der Waals surface area contributed by atoms with Gasteiger partial charge in [0.25, 0.3) is 5.91 Å². The van der Waals surface area contributed by atoms with E-state index in [1.165, 1.54) is 0 Å². The van der Waals surface area contributed by atoms with E-state index in [0.29, 0.717) is 38.3 Å².